The molecule has 3 unspecified atom stereocenters. The van der Waals surface area contributed by atoms with E-state index in [1.165, 1.54) is 0 Å². The molecule has 10 heteroatoms. The number of unbranched alkanes of at least 4 members (excludes halogenated alkanes) is 3. The monoisotopic (exact) mass is 412 g/mol. The van der Waals surface area contributed by atoms with E-state index in [2.05, 4.69) is 0 Å². The van der Waals surface area contributed by atoms with Gasteiger partial charge in [0.05, 0.1) is 0 Å². The van der Waals surface area contributed by atoms with Crippen molar-refractivity contribution in [2.24, 2.45) is 0 Å². The topological polar surface area (TPSA) is 120 Å². The van der Waals surface area contributed by atoms with E-state index < -0.39 is 24.1 Å². The van der Waals surface area contributed by atoms with Crippen LogP contribution in [0, 0.1) is 0 Å². The Hall–Kier alpha value is 0.712. The fourth-order valence-electron chi connectivity index (χ4n) is 0.862. The van der Waals surface area contributed by atoms with Crippen LogP contribution in [0.3, 0.4) is 0 Å². The van der Waals surface area contributed by atoms with Gasteiger partial charge in [-0.1, -0.05) is 53.7 Å². The molecular formula is C12H27CrO6P3+3. The minimum Gasteiger partial charge on any atom is -0.596 e. The van der Waals surface area contributed by atoms with E-state index in [1.54, 1.807) is 0 Å². The smallest absolute Gasteiger partial charge is 0.596 e. The van der Waals surface area contributed by atoms with Gasteiger partial charge in [-0.25, -0.2) is 0 Å². The summed E-state index contributed by atoms with van der Waals surface area (Å²) in [6.45, 7) is 5.91. The number of hydrogen-bond acceptors (Lipinski definition) is 6. The van der Waals surface area contributed by atoms with Crippen molar-refractivity contribution in [1.29, 1.82) is 0 Å². The van der Waals surface area contributed by atoms with Gasteiger partial charge in [0.15, 0.2) is 0 Å². The molecule has 0 bridgehead atoms. The van der Waals surface area contributed by atoms with Crippen LogP contribution in [0.15, 0.2) is 0 Å². The molecule has 0 N–H and O–H groups in total. The van der Waals surface area contributed by atoms with E-state index in [-0.39, 0.29) is 17.4 Å². The summed E-state index contributed by atoms with van der Waals surface area (Å²) >= 11 is 0. The fraction of sp³-hybridized carbons (Fsp3) is 1.00. The summed E-state index contributed by atoms with van der Waals surface area (Å²) in [6.07, 6.45) is 6.36. The summed E-state index contributed by atoms with van der Waals surface area (Å²) < 4.78 is 29.4. The third kappa shape index (κ3) is 49.8. The van der Waals surface area contributed by atoms with E-state index >= 15 is 0 Å². The second kappa shape index (κ2) is 26.6. The molecule has 129 valence electrons. The second-order valence-electron chi connectivity index (χ2n) is 4.23. The summed E-state index contributed by atoms with van der Waals surface area (Å²) in [5, 5.41) is 0. The minimum absolute atomic E-state index is 0. The van der Waals surface area contributed by atoms with Gasteiger partial charge in [0.1, 0.15) is 18.5 Å². The van der Waals surface area contributed by atoms with Crippen LogP contribution in [0.4, 0.5) is 0 Å². The zero-order valence-electron chi connectivity index (χ0n) is 13.6. The molecule has 1 radical (unpaired) electrons. The second-order valence-corrected chi connectivity index (χ2v) is 7.57. The molecule has 0 aliphatic carbocycles. The summed E-state index contributed by atoms with van der Waals surface area (Å²) in [7, 11) is -6.32. The average Bonchev–Trinajstić information content (AvgIpc) is 2.41. The molecule has 22 heavy (non-hydrogen) atoms. The molecule has 0 aliphatic heterocycles. The summed E-state index contributed by atoms with van der Waals surface area (Å²) in [5.74, 6) is 0. The van der Waals surface area contributed by atoms with Gasteiger partial charge in [-0.05, 0) is 19.3 Å². The van der Waals surface area contributed by atoms with Crippen molar-refractivity contribution >= 4 is 24.1 Å². The van der Waals surface area contributed by atoms with E-state index in [9.17, 15) is 28.4 Å². The maximum atomic E-state index is 9.80. The fourth-order valence-corrected chi connectivity index (χ4v) is 2.58. The average molecular weight is 412 g/mol. The van der Waals surface area contributed by atoms with Crippen LogP contribution in [-0.4, -0.2) is 18.5 Å². The van der Waals surface area contributed by atoms with Crippen molar-refractivity contribution in [3.8, 4) is 0 Å². The van der Waals surface area contributed by atoms with Gasteiger partial charge in [-0.15, -0.1) is 0 Å². The molecule has 0 spiro atoms. The maximum Gasteiger partial charge on any atom is 3.00 e. The van der Waals surface area contributed by atoms with E-state index in [4.69, 9.17) is 0 Å². The van der Waals surface area contributed by atoms with Crippen LogP contribution < -0.4 is 14.7 Å². The van der Waals surface area contributed by atoms with E-state index in [0.717, 1.165) is 38.5 Å². The molecule has 3 atom stereocenters. The molecule has 0 heterocycles. The van der Waals surface area contributed by atoms with Crippen molar-refractivity contribution in [1.82, 2.24) is 0 Å². The molecule has 0 fully saturated rings. The van der Waals surface area contributed by atoms with Gasteiger partial charge in [0, 0.05) is 0 Å². The van der Waals surface area contributed by atoms with E-state index in [1.807, 2.05) is 20.8 Å². The van der Waals surface area contributed by atoms with Crippen LogP contribution in [-0.2, 0) is 31.1 Å². The first kappa shape index (κ1) is 30.6. The van der Waals surface area contributed by atoms with Gasteiger partial charge in [-0.3, -0.25) is 0 Å². The summed E-state index contributed by atoms with van der Waals surface area (Å²) in [4.78, 5) is 29.4. The Morgan fingerprint density at radius 2 is 0.773 bits per heavy atom. The van der Waals surface area contributed by atoms with Crippen LogP contribution in [0.1, 0.15) is 59.3 Å². The molecule has 0 aromatic carbocycles. The van der Waals surface area contributed by atoms with Crippen molar-refractivity contribution in [2.45, 2.75) is 59.3 Å². The minimum atomic E-state index is -2.11. The first-order chi connectivity index (χ1) is 9.81. The molecular weight excluding hydrogens is 385 g/mol. The normalized spacial score (nSPS) is 10.9. The first-order valence-corrected chi connectivity index (χ1v) is 11.3. The Bertz CT molecular complexity index is 237. The molecule has 0 aromatic rings. The first-order valence-electron chi connectivity index (χ1n) is 7.17. The third-order valence-corrected chi connectivity index (χ3v) is 4.13. The van der Waals surface area contributed by atoms with Gasteiger partial charge in [-0.2, -0.15) is 0 Å². The molecule has 0 aliphatic rings. The molecule has 6 nitrogen and oxygen atoms in total. The molecule has 0 saturated heterocycles. The van der Waals surface area contributed by atoms with Crippen molar-refractivity contribution in [2.75, 3.05) is 18.5 Å². The Kier molecular flexibility index (Phi) is 37.0. The van der Waals surface area contributed by atoms with Crippen molar-refractivity contribution in [3.63, 3.8) is 0 Å². The molecule has 0 saturated carbocycles. The summed E-state index contributed by atoms with van der Waals surface area (Å²) in [5.41, 5.74) is 0. The SMILES string of the molecule is CCCC[P+](=O)[O-].CCCC[P+](=O)[O-].CCCC[P+](=O)[O-].[Cr+3]. The van der Waals surface area contributed by atoms with Crippen LogP contribution in [0.25, 0.3) is 0 Å². The quantitative estimate of drug-likeness (QED) is 0.537. The van der Waals surface area contributed by atoms with Crippen LogP contribution in [0.5, 0.6) is 0 Å². The van der Waals surface area contributed by atoms with Crippen molar-refractivity contribution < 1.29 is 45.7 Å². The van der Waals surface area contributed by atoms with Gasteiger partial charge in [0.25, 0.3) is 0 Å². The maximum absolute atomic E-state index is 9.80. The zero-order valence-corrected chi connectivity index (χ0v) is 17.5. The zero-order chi connectivity index (χ0) is 17.1. The van der Waals surface area contributed by atoms with Gasteiger partial charge < -0.3 is 14.7 Å². The predicted molar refractivity (Wildman–Crippen MR) is 82.1 cm³/mol. The summed E-state index contributed by atoms with van der Waals surface area (Å²) in [6, 6.07) is 0. The number of rotatable bonds is 9. The predicted octanol–water partition coefficient (Wildman–Crippen LogP) is 2.67. The Balaban J connectivity index is -0.000000108. The van der Waals surface area contributed by atoms with Gasteiger partial charge >= 0.3 is 41.4 Å². The molecule has 0 rings (SSSR count). The van der Waals surface area contributed by atoms with E-state index in [0.29, 0.717) is 18.5 Å². The molecule has 0 amide bonds. The molecule has 0 aromatic heterocycles. The number of hydrogen-bond donors (Lipinski definition) is 0. The Morgan fingerprint density at radius 3 is 0.818 bits per heavy atom. The third-order valence-electron chi connectivity index (χ3n) is 2.08. The van der Waals surface area contributed by atoms with Crippen molar-refractivity contribution in [3.05, 3.63) is 0 Å². The standard InChI is InChI=1S/3C4H9O2P.Cr/c3*1-2-3-4-7(5)6;/h3*2-4H2,1H3;/q;;;+3. The van der Waals surface area contributed by atoms with Crippen LogP contribution in [0.2, 0.25) is 0 Å². The largest absolute Gasteiger partial charge is 3.00 e. The van der Waals surface area contributed by atoms with Crippen LogP contribution >= 0.6 is 24.1 Å². The van der Waals surface area contributed by atoms with Gasteiger partial charge in [0.2, 0.25) is 0 Å². The Morgan fingerprint density at radius 1 is 0.591 bits per heavy atom. The Labute approximate surface area is 147 Å².